The minimum absolute atomic E-state index is 0.518. The van der Waals surface area contributed by atoms with Gasteiger partial charge in [-0.2, -0.15) is 0 Å². The van der Waals surface area contributed by atoms with E-state index in [0.29, 0.717) is 29.6 Å². The molecule has 0 amide bonds. The van der Waals surface area contributed by atoms with Crippen molar-refractivity contribution in [2.45, 2.75) is 154 Å². The van der Waals surface area contributed by atoms with E-state index < -0.39 is 0 Å². The SMILES string of the molecule is CC(C)c1cccc(-c2ccc(-n3c4ccccc4c4ccccc43)cc2)c1.CC(C)c1cccc(-c2cccc(-n3c4ccccc4c4ccccc43)c2)c1.Cc1ccc(N(c2ccc(C)cc2)c2ccc(-c3cccc(C(C)C)c3)cc2)cc1.Cc1ccc(N(c2ccc(C)cc2)c2cccc(-c3c(C)cc(C(C)C)cc3C)c2)cc1.Cc1ccc(N(c2ccc(C)cc2)c2cccc(-c3cccc(C(C)C)c3)c2)cc1. The number of fused-ring (bicyclic) bond motifs is 6. The molecule has 5 heteroatoms. The molecule has 0 saturated heterocycles. The molecule has 22 aromatic rings. The predicted octanol–water partition coefficient (Wildman–Crippen LogP) is 41.5. The number of anilines is 9. The van der Waals surface area contributed by atoms with Crippen LogP contribution in [0.2, 0.25) is 0 Å². The second-order valence-corrected chi connectivity index (χ2v) is 41.3. The zero-order chi connectivity index (χ0) is 103. The fourth-order valence-electron chi connectivity index (χ4n) is 20.1. The molecule has 0 atom stereocenters. The Kier molecular flexibility index (Phi) is 31.7. The van der Waals surface area contributed by atoms with Gasteiger partial charge in [-0.3, -0.25) is 0 Å². The zero-order valence-electron chi connectivity index (χ0n) is 89.2. The topological polar surface area (TPSA) is 19.6 Å². The molecule has 0 bridgehead atoms. The lowest BCUT2D eigenvalue weighted by Gasteiger charge is -2.26. The van der Waals surface area contributed by atoms with Crippen molar-refractivity contribution < 1.29 is 0 Å². The summed E-state index contributed by atoms with van der Waals surface area (Å²) < 4.78 is 4.74. The van der Waals surface area contributed by atoms with Gasteiger partial charge in [-0.25, -0.2) is 0 Å². The molecule has 22 rings (SSSR count). The van der Waals surface area contributed by atoms with E-state index in [9.17, 15) is 0 Å². The van der Waals surface area contributed by atoms with Crippen molar-refractivity contribution in [2.24, 2.45) is 0 Å². The van der Waals surface area contributed by atoms with Crippen LogP contribution in [-0.4, -0.2) is 9.13 Å². The molecule has 0 fully saturated rings. The van der Waals surface area contributed by atoms with Crippen LogP contribution in [0, 0.1) is 55.4 Å². The van der Waals surface area contributed by atoms with Gasteiger partial charge in [0.05, 0.1) is 22.1 Å². The smallest absolute Gasteiger partial charge is 0.0541 e. The van der Waals surface area contributed by atoms with Crippen LogP contribution in [0.3, 0.4) is 0 Å². The maximum absolute atomic E-state index is 2.38. The molecule has 734 valence electrons. The van der Waals surface area contributed by atoms with Gasteiger partial charge in [0.25, 0.3) is 0 Å². The van der Waals surface area contributed by atoms with Gasteiger partial charge < -0.3 is 23.8 Å². The van der Waals surface area contributed by atoms with Crippen LogP contribution in [0.15, 0.2) is 473 Å². The van der Waals surface area contributed by atoms with Crippen molar-refractivity contribution in [1.82, 2.24) is 9.13 Å². The van der Waals surface area contributed by atoms with E-state index in [1.807, 2.05) is 0 Å². The Morgan fingerprint density at radius 2 is 0.378 bits per heavy atom. The number of hydrogen-bond acceptors (Lipinski definition) is 3. The van der Waals surface area contributed by atoms with Gasteiger partial charge in [-0.15, -0.1) is 0 Å². The first-order chi connectivity index (χ1) is 71.8. The third kappa shape index (κ3) is 23.5. The van der Waals surface area contributed by atoms with Gasteiger partial charge in [-0.1, -0.05) is 418 Å². The average molecular weight is 1930 g/mol. The first kappa shape index (κ1) is 101. The summed E-state index contributed by atoms with van der Waals surface area (Å²) >= 11 is 0. The van der Waals surface area contributed by atoms with Crippen LogP contribution in [-0.2, 0) is 0 Å². The lowest BCUT2D eigenvalue weighted by Crippen LogP contribution is -2.10. The highest BCUT2D eigenvalue weighted by atomic mass is 15.2. The normalized spacial score (nSPS) is 11.2. The van der Waals surface area contributed by atoms with Gasteiger partial charge in [0, 0.05) is 84.1 Å². The van der Waals surface area contributed by atoms with Crippen LogP contribution in [0.1, 0.15) is 171 Å². The molecular formula is C143H137N5. The number of para-hydroxylation sites is 4. The first-order valence-electron chi connectivity index (χ1n) is 52.6. The zero-order valence-corrected chi connectivity index (χ0v) is 89.2. The van der Waals surface area contributed by atoms with Crippen molar-refractivity contribution in [3.05, 3.63) is 546 Å². The highest BCUT2D eigenvalue weighted by molar-refractivity contribution is 6.10. The summed E-state index contributed by atoms with van der Waals surface area (Å²) in [6.45, 7) is 39.7. The van der Waals surface area contributed by atoms with E-state index in [0.717, 1.165) is 22.7 Å². The van der Waals surface area contributed by atoms with Gasteiger partial charge in [0.1, 0.15) is 0 Å². The monoisotopic (exact) mass is 1920 g/mol. The quantitative estimate of drug-likeness (QED) is 0.0715. The fraction of sp³-hybridized carbons (Fsp3) is 0.161. The summed E-state index contributed by atoms with van der Waals surface area (Å²) in [5.74, 6) is 2.65. The van der Waals surface area contributed by atoms with E-state index in [1.54, 1.807) is 0 Å². The maximum atomic E-state index is 2.38. The number of benzene rings is 20. The maximum Gasteiger partial charge on any atom is 0.0541 e. The van der Waals surface area contributed by atoms with E-state index in [-0.39, 0.29) is 0 Å². The Morgan fingerprint density at radius 3 is 0.676 bits per heavy atom. The third-order valence-corrected chi connectivity index (χ3v) is 28.5. The number of nitrogens with zero attached hydrogens (tertiary/aromatic N) is 5. The second kappa shape index (κ2) is 46.2. The summed E-state index contributed by atoms with van der Waals surface area (Å²) in [7, 11) is 0. The number of hydrogen-bond donors (Lipinski definition) is 0. The molecule has 2 aromatic heterocycles. The molecule has 0 unspecified atom stereocenters. The van der Waals surface area contributed by atoms with Crippen LogP contribution in [0.25, 0.3) is 111 Å². The highest BCUT2D eigenvalue weighted by Crippen LogP contribution is 2.45. The predicted molar refractivity (Wildman–Crippen MR) is 640 cm³/mol. The van der Waals surface area contributed by atoms with Crippen LogP contribution < -0.4 is 14.7 Å². The van der Waals surface area contributed by atoms with Gasteiger partial charge in [0.15, 0.2) is 0 Å². The summed E-state index contributed by atoms with van der Waals surface area (Å²) in [4.78, 5) is 6.98. The van der Waals surface area contributed by atoms with E-state index >= 15 is 0 Å². The minimum atomic E-state index is 0.518. The molecule has 5 nitrogen and oxygen atoms in total. The van der Waals surface area contributed by atoms with Crippen LogP contribution >= 0.6 is 0 Å². The van der Waals surface area contributed by atoms with E-state index in [1.165, 1.54) is 211 Å². The highest BCUT2D eigenvalue weighted by Gasteiger charge is 2.22. The summed E-state index contributed by atoms with van der Waals surface area (Å²) in [5, 5.41) is 5.19. The van der Waals surface area contributed by atoms with Gasteiger partial charge >= 0.3 is 0 Å². The molecular weight excluding hydrogens is 1790 g/mol. The summed E-state index contributed by atoms with van der Waals surface area (Å²) in [6, 6.07) is 172. The molecule has 148 heavy (non-hydrogen) atoms. The lowest BCUT2D eigenvalue weighted by atomic mass is 9.90. The standard InChI is InChI=1S/C31H33N.2C29H29N.2C27H23N/c1-21(2)27-18-24(5)31(25(6)19-27)26-8-7-9-30(20-26)32(28-14-10-22(3)11-15-28)29-16-12-23(4)13-17-29;1-21(2)24-7-5-8-25(19-24)26-9-6-10-29(20-26)30(27-15-11-22(3)12-16-27)28-17-13-23(4)14-18-28;1-21(2)25-6-5-7-26(20-25)24-12-18-29(19-13-24)30(27-14-8-22(3)9-15-27)28-16-10-23(4)11-17-28;1-19(2)20-9-7-10-21(17-20)22-11-8-12-23(18-22)28-26-15-5-3-13-24(26)25-14-4-6-16-27(25)28;1-19(2)21-8-7-9-22(18-21)20-14-16-23(17-15-20)28-26-12-5-3-10-24(26)25-11-4-6-13-27(25)28/h7-21H,1-6H3;2*5-21H,1-4H3;2*3-19H,1-2H3. The molecule has 0 spiro atoms. The van der Waals surface area contributed by atoms with Crippen molar-refractivity contribution in [1.29, 1.82) is 0 Å². The molecule has 0 aliphatic carbocycles. The van der Waals surface area contributed by atoms with Crippen LogP contribution in [0.5, 0.6) is 0 Å². The lowest BCUT2D eigenvalue weighted by molar-refractivity contribution is 0.863. The summed E-state index contributed by atoms with van der Waals surface area (Å²) in [5.41, 5.74) is 47.7. The Morgan fingerprint density at radius 1 is 0.155 bits per heavy atom. The number of rotatable bonds is 21. The minimum Gasteiger partial charge on any atom is -0.311 e. The number of aromatic nitrogens is 2. The van der Waals surface area contributed by atoms with E-state index in [2.05, 4.69) is 622 Å². The van der Waals surface area contributed by atoms with Crippen molar-refractivity contribution in [2.75, 3.05) is 14.7 Å². The van der Waals surface area contributed by atoms with E-state index in [4.69, 9.17) is 0 Å². The van der Waals surface area contributed by atoms with Crippen molar-refractivity contribution >= 4 is 94.8 Å². The molecule has 0 aliphatic heterocycles. The molecule has 2 heterocycles. The third-order valence-electron chi connectivity index (χ3n) is 28.5. The second-order valence-electron chi connectivity index (χ2n) is 41.3. The first-order valence-corrected chi connectivity index (χ1v) is 52.6. The molecule has 0 N–H and O–H groups in total. The van der Waals surface area contributed by atoms with Crippen molar-refractivity contribution in [3.63, 3.8) is 0 Å². The van der Waals surface area contributed by atoms with Gasteiger partial charge in [0.2, 0.25) is 0 Å². The molecule has 0 aliphatic rings. The summed E-state index contributed by atoms with van der Waals surface area (Å²) in [6.07, 6.45) is 0. The number of aryl methyl sites for hydroxylation is 8. The van der Waals surface area contributed by atoms with Crippen molar-refractivity contribution in [3.8, 4) is 67.0 Å². The average Bonchev–Trinajstić information content (AvgIpc) is 1.60. The Bertz CT molecular complexity index is 8010. The Balaban J connectivity index is 0.000000121. The molecule has 0 radical (unpaired) electrons. The Labute approximate surface area is 879 Å². The van der Waals surface area contributed by atoms with Crippen LogP contribution in [0.4, 0.5) is 51.2 Å². The Hall–Kier alpha value is -16.6. The fourth-order valence-corrected chi connectivity index (χ4v) is 20.1. The molecule has 0 saturated carbocycles. The van der Waals surface area contributed by atoms with Gasteiger partial charge in [-0.05, 0) is 337 Å². The largest absolute Gasteiger partial charge is 0.311 e. The molecule has 20 aromatic carbocycles.